The second-order valence-electron chi connectivity index (χ2n) is 4.23. The first-order chi connectivity index (χ1) is 8.74. The number of sulfone groups is 1. The van der Waals surface area contributed by atoms with E-state index in [0.29, 0.717) is 10.8 Å². The van der Waals surface area contributed by atoms with Crippen LogP contribution in [0.25, 0.3) is 0 Å². The molecule has 0 amide bonds. The van der Waals surface area contributed by atoms with Crippen LogP contribution in [0, 0.1) is 0 Å². The number of hydrogen-bond acceptors (Lipinski definition) is 5. The molecule has 1 atom stereocenters. The number of halogens is 1. The molecule has 1 rings (SSSR count). The van der Waals surface area contributed by atoms with E-state index in [1.165, 1.54) is 13.2 Å². The first-order valence-corrected chi connectivity index (χ1v) is 7.99. The van der Waals surface area contributed by atoms with Crippen molar-refractivity contribution in [2.75, 3.05) is 19.1 Å². The molecule has 1 aromatic carbocycles. The molecular formula is C12H16ClNO4S. The maximum absolute atomic E-state index is 12.1. The fourth-order valence-electron chi connectivity index (χ4n) is 1.54. The van der Waals surface area contributed by atoms with Crippen molar-refractivity contribution in [2.24, 2.45) is 5.73 Å². The number of ketones is 1. The summed E-state index contributed by atoms with van der Waals surface area (Å²) in [6.45, 7) is 0. The Kier molecular flexibility index (Phi) is 5.34. The highest BCUT2D eigenvalue weighted by Gasteiger charge is 2.21. The average Bonchev–Trinajstić information content (AvgIpc) is 2.34. The van der Waals surface area contributed by atoms with E-state index in [1.807, 2.05) is 0 Å². The summed E-state index contributed by atoms with van der Waals surface area (Å²) in [6.07, 6.45) is 1.16. The number of Topliss-reactive ketones (excluding diaryl/α,β-unsaturated/α-hetero) is 1. The lowest BCUT2D eigenvalue weighted by Gasteiger charge is -2.13. The van der Waals surface area contributed by atoms with Crippen molar-refractivity contribution in [3.8, 4) is 5.75 Å². The number of ether oxygens (including phenoxy) is 1. The van der Waals surface area contributed by atoms with Crippen molar-refractivity contribution < 1.29 is 17.9 Å². The smallest absolute Gasteiger partial charge is 0.183 e. The summed E-state index contributed by atoms with van der Waals surface area (Å²) in [7, 11) is -1.72. The Morgan fingerprint density at radius 2 is 2.11 bits per heavy atom. The quantitative estimate of drug-likeness (QED) is 0.800. The molecule has 2 N–H and O–H groups in total. The Morgan fingerprint density at radius 1 is 1.47 bits per heavy atom. The van der Waals surface area contributed by atoms with Gasteiger partial charge < -0.3 is 10.5 Å². The molecule has 1 unspecified atom stereocenters. The van der Waals surface area contributed by atoms with E-state index >= 15 is 0 Å². The standard InChI is InChI=1S/C12H16ClNO4S/c1-18-11-4-3-8(13)7-9(11)12(15)10(14)5-6-19(2,16)17/h3-4,7,10H,5-6,14H2,1-2H3. The van der Waals surface area contributed by atoms with Gasteiger partial charge in [-0.1, -0.05) is 11.6 Å². The van der Waals surface area contributed by atoms with Gasteiger partial charge >= 0.3 is 0 Å². The second kappa shape index (κ2) is 6.36. The van der Waals surface area contributed by atoms with Crippen LogP contribution in [0.5, 0.6) is 5.75 Å². The van der Waals surface area contributed by atoms with Crippen LogP contribution < -0.4 is 10.5 Å². The minimum atomic E-state index is -3.15. The SMILES string of the molecule is COc1ccc(Cl)cc1C(=O)C(N)CCS(C)(=O)=O. The van der Waals surface area contributed by atoms with E-state index in [2.05, 4.69) is 0 Å². The Hall–Kier alpha value is -1.11. The number of carbonyl (C=O) groups excluding carboxylic acids is 1. The molecule has 0 spiro atoms. The molecule has 0 aliphatic carbocycles. The summed E-state index contributed by atoms with van der Waals surface area (Å²) in [5.74, 6) is -0.157. The minimum Gasteiger partial charge on any atom is -0.496 e. The van der Waals surface area contributed by atoms with Crippen LogP contribution in [0.4, 0.5) is 0 Å². The summed E-state index contributed by atoms with van der Waals surface area (Å²) in [6, 6.07) is 3.73. The lowest BCUT2D eigenvalue weighted by Crippen LogP contribution is -2.32. The predicted molar refractivity (Wildman–Crippen MR) is 74.6 cm³/mol. The molecule has 0 aromatic heterocycles. The first kappa shape index (κ1) is 15.9. The maximum atomic E-state index is 12.1. The van der Waals surface area contributed by atoms with Gasteiger partial charge in [-0.3, -0.25) is 4.79 Å². The van der Waals surface area contributed by atoms with Crippen LogP contribution in [-0.4, -0.2) is 39.4 Å². The highest BCUT2D eigenvalue weighted by Crippen LogP contribution is 2.24. The molecule has 19 heavy (non-hydrogen) atoms. The number of hydrogen-bond donors (Lipinski definition) is 1. The van der Waals surface area contributed by atoms with Crippen LogP contribution in [0.1, 0.15) is 16.8 Å². The van der Waals surface area contributed by atoms with Gasteiger partial charge in [0.05, 0.1) is 24.5 Å². The molecule has 0 fully saturated rings. The lowest BCUT2D eigenvalue weighted by atomic mass is 10.0. The summed E-state index contributed by atoms with van der Waals surface area (Å²) in [5.41, 5.74) is 5.98. The van der Waals surface area contributed by atoms with Crippen molar-refractivity contribution in [1.82, 2.24) is 0 Å². The van der Waals surface area contributed by atoms with Gasteiger partial charge in [-0.2, -0.15) is 0 Å². The fraction of sp³-hybridized carbons (Fsp3) is 0.417. The lowest BCUT2D eigenvalue weighted by molar-refractivity contribution is 0.0957. The molecule has 5 nitrogen and oxygen atoms in total. The molecule has 0 heterocycles. The highest BCUT2D eigenvalue weighted by molar-refractivity contribution is 7.90. The van der Waals surface area contributed by atoms with Crippen molar-refractivity contribution in [2.45, 2.75) is 12.5 Å². The van der Waals surface area contributed by atoms with Gasteiger partial charge in [0.25, 0.3) is 0 Å². The van der Waals surface area contributed by atoms with Gasteiger partial charge in [0.1, 0.15) is 15.6 Å². The third kappa shape index (κ3) is 4.81. The van der Waals surface area contributed by atoms with Crippen LogP contribution >= 0.6 is 11.6 Å². The van der Waals surface area contributed by atoms with Crippen molar-refractivity contribution >= 4 is 27.2 Å². The molecular weight excluding hydrogens is 290 g/mol. The summed E-state index contributed by atoms with van der Waals surface area (Å²) in [5, 5.41) is 0.388. The van der Waals surface area contributed by atoms with E-state index in [-0.39, 0.29) is 23.5 Å². The van der Waals surface area contributed by atoms with E-state index in [9.17, 15) is 13.2 Å². The van der Waals surface area contributed by atoms with E-state index in [4.69, 9.17) is 22.1 Å². The first-order valence-electron chi connectivity index (χ1n) is 5.55. The molecule has 0 aliphatic heterocycles. The predicted octanol–water partition coefficient (Wildman–Crippen LogP) is 1.29. The molecule has 7 heteroatoms. The van der Waals surface area contributed by atoms with Crippen molar-refractivity contribution in [1.29, 1.82) is 0 Å². The van der Waals surface area contributed by atoms with Gasteiger partial charge in [0.15, 0.2) is 5.78 Å². The number of nitrogens with two attached hydrogens (primary N) is 1. The molecule has 0 saturated heterocycles. The Morgan fingerprint density at radius 3 is 2.63 bits per heavy atom. The number of rotatable bonds is 6. The van der Waals surface area contributed by atoms with Crippen molar-refractivity contribution in [3.05, 3.63) is 28.8 Å². The monoisotopic (exact) mass is 305 g/mol. The molecule has 1 aromatic rings. The number of carbonyl (C=O) groups is 1. The zero-order valence-corrected chi connectivity index (χ0v) is 12.3. The summed E-state index contributed by atoms with van der Waals surface area (Å²) < 4.78 is 27.2. The molecule has 0 aliphatic rings. The molecule has 0 radical (unpaired) electrons. The summed E-state index contributed by atoms with van der Waals surface area (Å²) in [4.78, 5) is 12.1. The average molecular weight is 306 g/mol. The Bertz CT molecular complexity index is 571. The van der Waals surface area contributed by atoms with Gasteiger partial charge in [-0.25, -0.2) is 8.42 Å². The van der Waals surface area contributed by atoms with Crippen LogP contribution in [0.15, 0.2) is 18.2 Å². The van der Waals surface area contributed by atoms with E-state index in [1.54, 1.807) is 12.1 Å². The minimum absolute atomic E-state index is 0.0628. The maximum Gasteiger partial charge on any atom is 0.183 e. The topological polar surface area (TPSA) is 86.5 Å². The normalized spacial score (nSPS) is 13.1. The molecule has 106 valence electrons. The number of benzene rings is 1. The van der Waals surface area contributed by atoms with Gasteiger partial charge in [0, 0.05) is 11.3 Å². The van der Waals surface area contributed by atoms with Crippen LogP contribution in [0.2, 0.25) is 5.02 Å². The number of methoxy groups -OCH3 is 1. The molecule has 0 saturated carbocycles. The van der Waals surface area contributed by atoms with Gasteiger partial charge in [-0.15, -0.1) is 0 Å². The van der Waals surface area contributed by atoms with Gasteiger partial charge in [0.2, 0.25) is 0 Å². The highest BCUT2D eigenvalue weighted by atomic mass is 35.5. The van der Waals surface area contributed by atoms with E-state index < -0.39 is 15.9 Å². The zero-order valence-electron chi connectivity index (χ0n) is 10.7. The molecule has 0 bridgehead atoms. The van der Waals surface area contributed by atoms with Gasteiger partial charge in [-0.05, 0) is 24.6 Å². The van der Waals surface area contributed by atoms with Crippen LogP contribution in [-0.2, 0) is 9.84 Å². The van der Waals surface area contributed by atoms with Crippen molar-refractivity contribution in [3.63, 3.8) is 0 Å². The van der Waals surface area contributed by atoms with Crippen LogP contribution in [0.3, 0.4) is 0 Å². The summed E-state index contributed by atoms with van der Waals surface area (Å²) >= 11 is 5.83. The zero-order chi connectivity index (χ0) is 14.6. The fourth-order valence-corrected chi connectivity index (χ4v) is 2.40. The van der Waals surface area contributed by atoms with E-state index in [0.717, 1.165) is 6.26 Å². The Labute approximate surface area is 117 Å². The largest absolute Gasteiger partial charge is 0.496 e. The third-order valence-corrected chi connectivity index (χ3v) is 3.78. The second-order valence-corrected chi connectivity index (χ2v) is 6.93. The Balaban J connectivity index is 2.90. The third-order valence-electron chi connectivity index (χ3n) is 2.56.